The van der Waals surface area contributed by atoms with Crippen LogP contribution < -0.4 is 5.48 Å². The number of carbonyl (C=O) groups excluding carboxylic acids is 1. The molecule has 0 spiro atoms. The molecule has 1 N–H and O–H groups in total. The summed E-state index contributed by atoms with van der Waals surface area (Å²) in [6.07, 6.45) is 0.490. The van der Waals surface area contributed by atoms with Crippen LogP contribution in [0.3, 0.4) is 0 Å². The molecule has 3 nitrogen and oxygen atoms in total. The van der Waals surface area contributed by atoms with Crippen LogP contribution in [0.5, 0.6) is 0 Å². The van der Waals surface area contributed by atoms with Crippen LogP contribution in [0.4, 0.5) is 0 Å². The zero-order valence-corrected chi connectivity index (χ0v) is 3.60. The smallest absolute Gasteiger partial charge is 0.230 e. The lowest BCUT2D eigenvalue weighted by molar-refractivity contribution is -0.120. The van der Waals surface area contributed by atoms with Crippen molar-refractivity contribution in [2.24, 2.45) is 0 Å². The Bertz CT molecular complexity index is 37.8. The number of amides is 1. The van der Waals surface area contributed by atoms with Gasteiger partial charge < -0.3 is 0 Å². The van der Waals surface area contributed by atoms with Gasteiger partial charge in [0.1, 0.15) is 0 Å². The minimum absolute atomic E-state index is 0.490. The third-order valence-electron chi connectivity index (χ3n) is 0.276. The topological polar surface area (TPSA) is 38.3 Å². The zero-order valence-electron chi connectivity index (χ0n) is 3.60. The Morgan fingerprint density at radius 1 is 2.00 bits per heavy atom. The molecule has 1 amide bonds. The van der Waals surface area contributed by atoms with Gasteiger partial charge in [0.05, 0.1) is 6.61 Å². The van der Waals surface area contributed by atoms with E-state index in [1.54, 1.807) is 6.92 Å². The van der Waals surface area contributed by atoms with Gasteiger partial charge in [0.2, 0.25) is 6.41 Å². The van der Waals surface area contributed by atoms with Crippen molar-refractivity contribution in [1.82, 2.24) is 5.48 Å². The summed E-state index contributed by atoms with van der Waals surface area (Å²) in [5, 5.41) is 0. The number of hydrogen-bond donors (Lipinski definition) is 1. The van der Waals surface area contributed by atoms with Crippen LogP contribution in [-0.2, 0) is 9.63 Å². The fourth-order valence-corrected chi connectivity index (χ4v) is 0.117. The monoisotopic (exact) mass is 89.0 g/mol. The van der Waals surface area contributed by atoms with Gasteiger partial charge in [0.15, 0.2) is 0 Å². The molecule has 0 rings (SSSR count). The predicted molar refractivity (Wildman–Crippen MR) is 20.8 cm³/mol. The third-order valence-corrected chi connectivity index (χ3v) is 0.276. The van der Waals surface area contributed by atoms with Gasteiger partial charge in [0, 0.05) is 0 Å². The highest BCUT2D eigenvalue weighted by Gasteiger charge is 1.67. The Hall–Kier alpha value is -0.570. The molecular formula is C3H7NO2. The number of hydroxylamine groups is 1. The summed E-state index contributed by atoms with van der Waals surface area (Å²) in [6.45, 7) is 2.30. The van der Waals surface area contributed by atoms with Crippen molar-refractivity contribution in [1.29, 1.82) is 0 Å². The molecule has 0 radical (unpaired) electrons. The van der Waals surface area contributed by atoms with E-state index in [0.29, 0.717) is 13.0 Å². The highest BCUT2D eigenvalue weighted by Crippen LogP contribution is 1.54. The quantitative estimate of drug-likeness (QED) is 0.292. The lowest BCUT2D eigenvalue weighted by Crippen LogP contribution is -2.10. The first kappa shape index (κ1) is 5.43. The lowest BCUT2D eigenvalue weighted by Gasteiger charge is -1.89. The second kappa shape index (κ2) is 4.43. The van der Waals surface area contributed by atoms with Crippen molar-refractivity contribution < 1.29 is 9.63 Å². The van der Waals surface area contributed by atoms with Crippen LogP contribution >= 0.6 is 0 Å². The van der Waals surface area contributed by atoms with Gasteiger partial charge in [-0.2, -0.15) is 0 Å². The first-order valence-corrected chi connectivity index (χ1v) is 1.72. The Kier molecular flexibility index (Phi) is 4.01. The summed E-state index contributed by atoms with van der Waals surface area (Å²) in [4.78, 5) is 13.7. The molecule has 0 unspecified atom stereocenters. The highest BCUT2D eigenvalue weighted by molar-refractivity contribution is 5.43. The van der Waals surface area contributed by atoms with Crippen molar-refractivity contribution in [3.8, 4) is 0 Å². The van der Waals surface area contributed by atoms with E-state index in [4.69, 9.17) is 0 Å². The molecule has 0 saturated carbocycles. The Labute approximate surface area is 36.2 Å². The molecule has 0 aliphatic carbocycles. The van der Waals surface area contributed by atoms with E-state index in [-0.39, 0.29) is 0 Å². The fraction of sp³-hybridized carbons (Fsp3) is 0.667. The maximum Gasteiger partial charge on any atom is 0.230 e. The van der Waals surface area contributed by atoms with Crippen molar-refractivity contribution in [2.75, 3.05) is 6.61 Å². The Morgan fingerprint density at radius 2 is 2.67 bits per heavy atom. The molecule has 0 aliphatic heterocycles. The van der Waals surface area contributed by atoms with Crippen molar-refractivity contribution in [3.63, 3.8) is 0 Å². The predicted octanol–water partition coefficient (Wildman–Crippen LogP) is -0.316. The molecular weight excluding hydrogens is 82.0 g/mol. The van der Waals surface area contributed by atoms with Gasteiger partial charge in [-0.3, -0.25) is 9.63 Å². The number of rotatable bonds is 3. The minimum Gasteiger partial charge on any atom is -0.277 e. The second-order valence-electron chi connectivity index (χ2n) is 0.669. The average molecular weight is 89.1 g/mol. The number of nitrogens with one attached hydrogen (secondary N) is 1. The Morgan fingerprint density at radius 3 is 2.83 bits per heavy atom. The van der Waals surface area contributed by atoms with Gasteiger partial charge in [0.25, 0.3) is 0 Å². The van der Waals surface area contributed by atoms with Crippen molar-refractivity contribution in [2.45, 2.75) is 6.92 Å². The minimum atomic E-state index is 0.490. The average Bonchev–Trinajstić information content (AvgIpc) is 1.61. The van der Waals surface area contributed by atoms with E-state index in [0.717, 1.165) is 0 Å². The summed E-state index contributed by atoms with van der Waals surface area (Å²) < 4.78 is 0. The molecule has 0 saturated heterocycles. The van der Waals surface area contributed by atoms with E-state index < -0.39 is 0 Å². The van der Waals surface area contributed by atoms with Crippen molar-refractivity contribution >= 4 is 6.41 Å². The second-order valence-corrected chi connectivity index (χ2v) is 0.669. The zero-order chi connectivity index (χ0) is 4.83. The summed E-state index contributed by atoms with van der Waals surface area (Å²) in [7, 11) is 0. The van der Waals surface area contributed by atoms with Crippen LogP contribution in [0.15, 0.2) is 0 Å². The standard InChI is InChI=1S/C3H7NO2/c1-2-6-4-3-5/h3H,2H2,1H3,(H,4,5). The first-order chi connectivity index (χ1) is 2.91. The van der Waals surface area contributed by atoms with Gasteiger partial charge in [-0.15, -0.1) is 0 Å². The van der Waals surface area contributed by atoms with Crippen LogP contribution in [-0.4, -0.2) is 13.0 Å². The molecule has 0 aromatic heterocycles. The SMILES string of the molecule is CCONC=O. The third kappa shape index (κ3) is 3.43. The van der Waals surface area contributed by atoms with Crippen LogP contribution in [0.1, 0.15) is 6.92 Å². The van der Waals surface area contributed by atoms with Crippen LogP contribution in [0.25, 0.3) is 0 Å². The fourth-order valence-electron chi connectivity index (χ4n) is 0.117. The molecule has 3 heteroatoms. The molecule has 36 valence electrons. The van der Waals surface area contributed by atoms with Gasteiger partial charge in [-0.1, -0.05) is 0 Å². The Balaban J connectivity index is 2.49. The summed E-state index contributed by atoms with van der Waals surface area (Å²) >= 11 is 0. The number of carbonyl (C=O) groups is 1. The maximum atomic E-state index is 9.33. The van der Waals surface area contributed by atoms with E-state index in [1.807, 2.05) is 5.48 Å². The van der Waals surface area contributed by atoms with E-state index >= 15 is 0 Å². The lowest BCUT2D eigenvalue weighted by atomic mass is 10.9. The van der Waals surface area contributed by atoms with Gasteiger partial charge >= 0.3 is 0 Å². The van der Waals surface area contributed by atoms with E-state index in [1.165, 1.54) is 0 Å². The van der Waals surface area contributed by atoms with E-state index in [2.05, 4.69) is 4.84 Å². The molecule has 0 atom stereocenters. The molecule has 0 aromatic rings. The molecule has 0 aromatic carbocycles. The summed E-state index contributed by atoms with van der Waals surface area (Å²) in [5.41, 5.74) is 2.02. The molecule has 0 bridgehead atoms. The summed E-state index contributed by atoms with van der Waals surface area (Å²) in [5.74, 6) is 0. The number of hydrogen-bond acceptors (Lipinski definition) is 2. The maximum absolute atomic E-state index is 9.33. The highest BCUT2D eigenvalue weighted by atomic mass is 16.6. The van der Waals surface area contributed by atoms with Gasteiger partial charge in [-0.25, -0.2) is 5.48 Å². The molecule has 0 heterocycles. The molecule has 6 heavy (non-hydrogen) atoms. The normalized spacial score (nSPS) is 7.50. The molecule has 0 aliphatic rings. The summed E-state index contributed by atoms with van der Waals surface area (Å²) in [6, 6.07) is 0. The van der Waals surface area contributed by atoms with E-state index in [9.17, 15) is 4.79 Å². The molecule has 0 fully saturated rings. The van der Waals surface area contributed by atoms with Crippen LogP contribution in [0.2, 0.25) is 0 Å². The first-order valence-electron chi connectivity index (χ1n) is 1.72. The largest absolute Gasteiger partial charge is 0.277 e. The van der Waals surface area contributed by atoms with Gasteiger partial charge in [-0.05, 0) is 6.92 Å². The van der Waals surface area contributed by atoms with Crippen molar-refractivity contribution in [3.05, 3.63) is 0 Å². The van der Waals surface area contributed by atoms with Crippen LogP contribution in [0, 0.1) is 0 Å².